The van der Waals surface area contributed by atoms with Gasteiger partial charge in [0, 0.05) is 6.07 Å². The summed E-state index contributed by atoms with van der Waals surface area (Å²) in [6, 6.07) is 1.88. The highest BCUT2D eigenvalue weighted by Gasteiger charge is 2.17. The van der Waals surface area contributed by atoms with Crippen molar-refractivity contribution >= 4 is 23.5 Å². The van der Waals surface area contributed by atoms with E-state index in [0.717, 1.165) is 10.6 Å². The van der Waals surface area contributed by atoms with Crippen LogP contribution in [0.25, 0.3) is 0 Å². The quantitative estimate of drug-likeness (QED) is 0.809. The maximum Gasteiger partial charge on any atom is 0.227 e. The number of methoxy groups -OCH3 is 1. The zero-order chi connectivity index (χ0) is 16.3. The summed E-state index contributed by atoms with van der Waals surface area (Å²) < 4.78 is 11.2. The van der Waals surface area contributed by atoms with Crippen LogP contribution in [0.4, 0.5) is 11.8 Å². The standard InChI is InChI=1S/C14H19N5O2S/c1-7(2)11-8(5-10(22-4)13(18-11)20-3)21-9-6-17-14(16)19-12(9)15/h5-7H,1-4H3,(H4,15,16,17,19). The Balaban J connectivity index is 2.48. The number of hydrogen-bond donors (Lipinski definition) is 2. The zero-order valence-electron chi connectivity index (χ0n) is 13.0. The van der Waals surface area contributed by atoms with E-state index in [1.165, 1.54) is 18.0 Å². The third-order valence-corrected chi connectivity index (χ3v) is 3.66. The molecule has 8 heteroatoms. The summed E-state index contributed by atoms with van der Waals surface area (Å²) in [5, 5.41) is 0. The van der Waals surface area contributed by atoms with Gasteiger partial charge in [0.1, 0.15) is 0 Å². The van der Waals surface area contributed by atoms with E-state index in [2.05, 4.69) is 15.0 Å². The Morgan fingerprint density at radius 2 is 1.91 bits per heavy atom. The minimum absolute atomic E-state index is 0.103. The number of nitrogens with two attached hydrogens (primary N) is 2. The molecule has 0 radical (unpaired) electrons. The first-order chi connectivity index (χ1) is 10.5. The average Bonchev–Trinajstić information content (AvgIpc) is 2.49. The molecule has 0 aromatic carbocycles. The molecule has 2 rings (SSSR count). The predicted molar refractivity (Wildman–Crippen MR) is 87.6 cm³/mol. The van der Waals surface area contributed by atoms with Crippen molar-refractivity contribution in [2.24, 2.45) is 0 Å². The molecule has 2 heterocycles. The van der Waals surface area contributed by atoms with Crippen LogP contribution in [0.5, 0.6) is 17.4 Å². The van der Waals surface area contributed by atoms with Crippen molar-refractivity contribution in [1.82, 2.24) is 15.0 Å². The number of thioether (sulfide) groups is 1. The van der Waals surface area contributed by atoms with Gasteiger partial charge in [0.05, 0.1) is 23.9 Å². The normalized spacial score (nSPS) is 10.8. The third kappa shape index (κ3) is 3.33. The molecule has 0 saturated carbocycles. The van der Waals surface area contributed by atoms with Crippen LogP contribution >= 0.6 is 11.8 Å². The van der Waals surface area contributed by atoms with Crippen molar-refractivity contribution in [2.75, 3.05) is 24.8 Å². The minimum Gasteiger partial charge on any atom is -0.480 e. The highest BCUT2D eigenvalue weighted by atomic mass is 32.2. The van der Waals surface area contributed by atoms with E-state index >= 15 is 0 Å². The molecule has 22 heavy (non-hydrogen) atoms. The summed E-state index contributed by atoms with van der Waals surface area (Å²) in [7, 11) is 1.60. The smallest absolute Gasteiger partial charge is 0.227 e. The van der Waals surface area contributed by atoms with Crippen molar-refractivity contribution in [1.29, 1.82) is 0 Å². The lowest BCUT2D eigenvalue weighted by Crippen LogP contribution is -2.04. The van der Waals surface area contributed by atoms with Crippen molar-refractivity contribution in [3.05, 3.63) is 18.0 Å². The first kappa shape index (κ1) is 16.2. The fourth-order valence-corrected chi connectivity index (χ4v) is 2.39. The molecule has 0 aliphatic heterocycles. The Bertz CT molecular complexity index is 679. The van der Waals surface area contributed by atoms with Crippen LogP contribution in [0.1, 0.15) is 25.5 Å². The van der Waals surface area contributed by atoms with E-state index in [4.69, 9.17) is 20.9 Å². The van der Waals surface area contributed by atoms with Gasteiger partial charge in [-0.2, -0.15) is 4.98 Å². The minimum atomic E-state index is 0.103. The van der Waals surface area contributed by atoms with Crippen LogP contribution in [-0.2, 0) is 0 Å². The lowest BCUT2D eigenvalue weighted by molar-refractivity contribution is 0.379. The molecular weight excluding hydrogens is 302 g/mol. The topological polar surface area (TPSA) is 109 Å². The predicted octanol–water partition coefficient (Wildman–Crippen LogP) is 2.68. The summed E-state index contributed by atoms with van der Waals surface area (Å²) in [6.45, 7) is 4.05. The second-order valence-corrected chi connectivity index (χ2v) is 5.67. The lowest BCUT2D eigenvalue weighted by Gasteiger charge is -2.16. The van der Waals surface area contributed by atoms with Gasteiger partial charge in [-0.25, -0.2) is 9.97 Å². The monoisotopic (exact) mass is 321 g/mol. The SMILES string of the molecule is COc1nc(C(C)C)c(Oc2cnc(N)nc2N)cc1SC. The van der Waals surface area contributed by atoms with E-state index in [9.17, 15) is 0 Å². The lowest BCUT2D eigenvalue weighted by atomic mass is 10.1. The van der Waals surface area contributed by atoms with Gasteiger partial charge in [0.15, 0.2) is 17.3 Å². The van der Waals surface area contributed by atoms with Gasteiger partial charge in [-0.1, -0.05) is 13.8 Å². The number of pyridine rings is 1. The van der Waals surface area contributed by atoms with Gasteiger partial charge < -0.3 is 20.9 Å². The Hall–Kier alpha value is -2.22. The Morgan fingerprint density at radius 1 is 1.18 bits per heavy atom. The summed E-state index contributed by atoms with van der Waals surface area (Å²) >= 11 is 1.52. The average molecular weight is 321 g/mol. The number of aromatic nitrogens is 3. The highest BCUT2D eigenvalue weighted by molar-refractivity contribution is 7.98. The van der Waals surface area contributed by atoms with E-state index in [1.54, 1.807) is 7.11 Å². The molecule has 2 aromatic heterocycles. The molecule has 0 aliphatic rings. The van der Waals surface area contributed by atoms with Gasteiger partial charge in [-0.15, -0.1) is 11.8 Å². The Labute approximate surface area is 133 Å². The summed E-state index contributed by atoms with van der Waals surface area (Å²) in [6.07, 6.45) is 3.39. The maximum absolute atomic E-state index is 5.86. The second kappa shape index (κ2) is 6.69. The van der Waals surface area contributed by atoms with E-state index in [0.29, 0.717) is 17.4 Å². The molecule has 0 atom stereocenters. The molecule has 0 spiro atoms. The van der Waals surface area contributed by atoms with Crippen molar-refractivity contribution < 1.29 is 9.47 Å². The third-order valence-electron chi connectivity index (χ3n) is 2.93. The molecule has 0 aliphatic carbocycles. The number of nitrogen functional groups attached to an aromatic ring is 2. The number of nitrogens with zero attached hydrogens (tertiary/aromatic N) is 3. The molecule has 0 unspecified atom stereocenters. The fraction of sp³-hybridized carbons (Fsp3) is 0.357. The number of anilines is 2. The molecule has 0 fully saturated rings. The second-order valence-electron chi connectivity index (χ2n) is 4.82. The first-order valence-electron chi connectivity index (χ1n) is 6.65. The fourth-order valence-electron chi connectivity index (χ4n) is 1.86. The summed E-state index contributed by atoms with van der Waals surface area (Å²) in [5.74, 6) is 1.95. The number of rotatable bonds is 5. The molecule has 0 bridgehead atoms. The van der Waals surface area contributed by atoms with Crippen molar-refractivity contribution in [3.63, 3.8) is 0 Å². The van der Waals surface area contributed by atoms with Crippen molar-refractivity contribution in [2.45, 2.75) is 24.7 Å². The van der Waals surface area contributed by atoms with Crippen LogP contribution in [0.2, 0.25) is 0 Å². The molecule has 0 amide bonds. The molecule has 2 aromatic rings. The van der Waals surface area contributed by atoms with Gasteiger partial charge in [0.2, 0.25) is 11.8 Å². The zero-order valence-corrected chi connectivity index (χ0v) is 13.8. The Morgan fingerprint density at radius 3 is 2.45 bits per heavy atom. The van der Waals surface area contributed by atoms with Crippen LogP contribution in [0.15, 0.2) is 17.2 Å². The number of ether oxygens (including phenoxy) is 2. The van der Waals surface area contributed by atoms with Gasteiger partial charge in [-0.05, 0) is 12.2 Å². The van der Waals surface area contributed by atoms with Crippen LogP contribution in [-0.4, -0.2) is 28.3 Å². The van der Waals surface area contributed by atoms with Crippen LogP contribution < -0.4 is 20.9 Å². The molecule has 7 nitrogen and oxygen atoms in total. The van der Waals surface area contributed by atoms with Gasteiger partial charge in [0.25, 0.3) is 0 Å². The molecule has 4 N–H and O–H groups in total. The molecule has 0 saturated heterocycles. The van der Waals surface area contributed by atoms with Crippen molar-refractivity contribution in [3.8, 4) is 17.4 Å². The summed E-state index contributed by atoms with van der Waals surface area (Å²) in [4.78, 5) is 13.2. The number of hydrogen-bond acceptors (Lipinski definition) is 8. The maximum atomic E-state index is 5.86. The summed E-state index contributed by atoms with van der Waals surface area (Å²) in [5.41, 5.74) is 12.1. The Kier molecular flexibility index (Phi) is 4.92. The van der Waals surface area contributed by atoms with Crippen LogP contribution in [0, 0.1) is 0 Å². The van der Waals surface area contributed by atoms with Gasteiger partial charge >= 0.3 is 0 Å². The molecule has 118 valence electrons. The van der Waals surface area contributed by atoms with E-state index < -0.39 is 0 Å². The first-order valence-corrected chi connectivity index (χ1v) is 7.87. The van der Waals surface area contributed by atoms with Gasteiger partial charge in [-0.3, -0.25) is 0 Å². The van der Waals surface area contributed by atoms with E-state index in [1.807, 2.05) is 26.2 Å². The highest BCUT2D eigenvalue weighted by Crippen LogP contribution is 2.37. The largest absolute Gasteiger partial charge is 0.480 e. The van der Waals surface area contributed by atoms with E-state index in [-0.39, 0.29) is 17.7 Å². The van der Waals surface area contributed by atoms with Crippen LogP contribution in [0.3, 0.4) is 0 Å². The molecular formula is C14H19N5O2S.